The van der Waals surface area contributed by atoms with Crippen LogP contribution < -0.4 is 60.6 Å². The summed E-state index contributed by atoms with van der Waals surface area (Å²) in [6.07, 6.45) is 4.46. The fourth-order valence-electron chi connectivity index (χ4n) is 19.5. The van der Waals surface area contributed by atoms with Gasteiger partial charge in [0.1, 0.15) is 34.8 Å². The van der Waals surface area contributed by atoms with Gasteiger partial charge in [0.15, 0.2) is 0 Å². The van der Waals surface area contributed by atoms with Gasteiger partial charge in [-0.15, -0.1) is 22.7 Å². The zero-order valence-electron chi connectivity index (χ0n) is 64.2. The highest BCUT2D eigenvalue weighted by Gasteiger charge is 2.52. The van der Waals surface area contributed by atoms with Crippen molar-refractivity contribution in [2.75, 3.05) is 24.5 Å². The lowest BCUT2D eigenvalue weighted by Crippen LogP contribution is -2.63. The first-order valence-corrected chi connectivity index (χ1v) is 40.2. The van der Waals surface area contributed by atoms with Gasteiger partial charge in [-0.3, -0.25) is 19.6 Å². The van der Waals surface area contributed by atoms with E-state index in [-0.39, 0.29) is 35.1 Å². The van der Waals surface area contributed by atoms with Crippen molar-refractivity contribution in [1.29, 1.82) is 0 Å². The van der Waals surface area contributed by atoms with Crippen LogP contribution in [0.1, 0.15) is 137 Å². The Morgan fingerprint density at radius 2 is 0.787 bits per heavy atom. The highest BCUT2D eigenvalue weighted by atomic mass is 32.1. The number of para-hydroxylation sites is 5. The van der Waals surface area contributed by atoms with Crippen molar-refractivity contribution in [1.82, 2.24) is 9.97 Å². The lowest BCUT2D eigenvalue weighted by Gasteiger charge is -2.45. The summed E-state index contributed by atoms with van der Waals surface area (Å²) in [6.45, 7) is 32.4. The molecule has 14 aromatic rings. The molecule has 530 valence electrons. The second kappa shape index (κ2) is 23.9. The molecule has 0 N–H and O–H groups in total. The summed E-state index contributed by atoms with van der Waals surface area (Å²) in [5, 5.41) is 2.42. The summed E-state index contributed by atoms with van der Waals surface area (Å²) in [5.41, 5.74) is 29.2. The number of rotatable bonds is 9. The van der Waals surface area contributed by atoms with Gasteiger partial charge in [0.25, 0.3) is 13.4 Å². The Morgan fingerprint density at radius 1 is 0.361 bits per heavy atom. The van der Waals surface area contributed by atoms with Gasteiger partial charge in [0, 0.05) is 81.8 Å². The van der Waals surface area contributed by atoms with E-state index < -0.39 is 0 Å². The summed E-state index contributed by atoms with van der Waals surface area (Å²) in [5.74, 6) is 5.03. The molecule has 6 aliphatic rings. The number of fused-ring (bicyclic) bond motifs is 14. The Morgan fingerprint density at radius 3 is 1.29 bits per heavy atom. The van der Waals surface area contributed by atoms with E-state index in [0.717, 1.165) is 145 Å². The fourth-order valence-corrected chi connectivity index (χ4v) is 22.1. The third kappa shape index (κ3) is 9.86. The molecular formula is C96H87B2N7OS2. The lowest BCUT2D eigenvalue weighted by atomic mass is 9.33. The van der Waals surface area contributed by atoms with Crippen molar-refractivity contribution < 1.29 is 4.74 Å². The van der Waals surface area contributed by atoms with Gasteiger partial charge >= 0.3 is 0 Å². The Hall–Kier alpha value is -10.7. The molecule has 4 aliphatic heterocycles. The van der Waals surface area contributed by atoms with Crippen LogP contribution in [0.3, 0.4) is 0 Å². The maximum absolute atomic E-state index is 8.09. The van der Waals surface area contributed by atoms with Crippen molar-refractivity contribution in [2.24, 2.45) is 0 Å². The summed E-state index contributed by atoms with van der Waals surface area (Å²) < 4.78 is 13.1. The van der Waals surface area contributed by atoms with Crippen LogP contribution in [0.25, 0.3) is 20.2 Å². The average Bonchev–Trinajstić information content (AvgIpc) is 1.26. The van der Waals surface area contributed by atoms with Crippen molar-refractivity contribution in [3.8, 4) is 11.5 Å². The van der Waals surface area contributed by atoms with Crippen LogP contribution in [-0.4, -0.2) is 23.4 Å². The average molecular weight is 1440 g/mol. The summed E-state index contributed by atoms with van der Waals surface area (Å²) in [6, 6.07) is 84.8. The number of thiophene rings is 2. The predicted octanol–water partition coefficient (Wildman–Crippen LogP) is 22.9. The third-order valence-electron chi connectivity index (χ3n) is 25.3. The molecule has 10 aromatic carbocycles. The quantitative estimate of drug-likeness (QED) is 0.133. The number of pyridine rings is 2. The zero-order chi connectivity index (χ0) is 73.9. The number of nitrogens with zero attached hydrogens (tertiary/aromatic N) is 7. The van der Waals surface area contributed by atoms with Crippen molar-refractivity contribution in [3.63, 3.8) is 0 Å². The molecule has 4 aromatic heterocycles. The number of aryl methyl sites for hydroxylation is 6. The van der Waals surface area contributed by atoms with Crippen molar-refractivity contribution in [3.05, 3.63) is 280 Å². The zero-order valence-corrected chi connectivity index (χ0v) is 65.8. The highest BCUT2D eigenvalue weighted by molar-refractivity contribution is 7.34. The molecule has 20 rings (SSSR count). The number of anilines is 15. The molecule has 12 heteroatoms. The number of aromatic nitrogens is 2. The van der Waals surface area contributed by atoms with Crippen molar-refractivity contribution >= 4 is 174 Å². The normalized spacial score (nSPS) is 16.2. The highest BCUT2D eigenvalue weighted by Crippen LogP contribution is 2.57. The maximum atomic E-state index is 8.09. The first-order valence-electron chi connectivity index (χ1n) is 38.6. The molecular weight excluding hydrogens is 1350 g/mol. The molecule has 0 fully saturated rings. The third-order valence-corrected chi connectivity index (χ3v) is 27.8. The molecule has 0 unspecified atom stereocenters. The first kappa shape index (κ1) is 66.8. The molecule has 0 saturated heterocycles. The molecule has 0 radical (unpaired) electrons. The van der Waals surface area contributed by atoms with Gasteiger partial charge in [-0.2, -0.15) is 0 Å². The Kier molecular flexibility index (Phi) is 14.8. The Balaban J connectivity index is 0.903. The summed E-state index contributed by atoms with van der Waals surface area (Å²) in [7, 11) is 0. The Bertz CT molecular complexity index is 6120. The fraction of sp³-hybridized carbons (Fsp3) is 0.229. The van der Waals surface area contributed by atoms with Crippen LogP contribution in [0.15, 0.2) is 224 Å². The molecule has 0 bridgehead atoms. The summed E-state index contributed by atoms with van der Waals surface area (Å²) in [4.78, 5) is 25.2. The molecule has 0 atom stereocenters. The van der Waals surface area contributed by atoms with Crippen LogP contribution in [-0.2, 0) is 21.7 Å². The molecule has 0 saturated carbocycles. The monoisotopic (exact) mass is 1440 g/mol. The topological polar surface area (TPSA) is 51.2 Å². The van der Waals surface area contributed by atoms with Crippen LogP contribution in [0.4, 0.5) is 85.8 Å². The lowest BCUT2D eigenvalue weighted by molar-refractivity contribution is 0.332. The van der Waals surface area contributed by atoms with Crippen molar-refractivity contribution in [2.45, 2.75) is 144 Å². The largest absolute Gasteiger partial charge is 0.458 e. The molecule has 0 spiro atoms. The predicted molar refractivity (Wildman–Crippen MR) is 461 cm³/mol. The number of hydrogen-bond donors (Lipinski definition) is 0. The summed E-state index contributed by atoms with van der Waals surface area (Å²) >= 11 is 3.86. The molecule has 8 heterocycles. The second-order valence-electron chi connectivity index (χ2n) is 34.1. The van der Waals surface area contributed by atoms with E-state index in [1.165, 1.54) is 85.4 Å². The van der Waals surface area contributed by atoms with E-state index in [9.17, 15) is 0 Å². The number of hydrogen-bond acceptors (Lipinski definition) is 10. The van der Waals surface area contributed by atoms with Gasteiger partial charge in [0.05, 0.1) is 34.1 Å². The van der Waals surface area contributed by atoms with Gasteiger partial charge < -0.3 is 9.64 Å². The minimum absolute atomic E-state index is 0.0146. The Labute approximate surface area is 644 Å². The van der Waals surface area contributed by atoms with Gasteiger partial charge in [0.2, 0.25) is 0 Å². The van der Waals surface area contributed by atoms with Crippen LogP contribution >= 0.6 is 22.7 Å². The smallest absolute Gasteiger partial charge is 0.271 e. The SMILES string of the molecule is Cc1ccccc1N(c1cc2c3c(n1)N(c1ccc4c(c1)C(C)(C)CCC4(C)C)c1c(sc4ccccc14)B3c1cc3c(cc1O2)N(c1ccccc1)c1cc(N(c2ccccc2C)c2c(C)cccc2C)nc2c1B3c1sc3ccccc3c1N2c1ccc2c(c1)C(C)(C)CCC2(C)C)c1c(C)cccc1C. The minimum Gasteiger partial charge on any atom is -0.458 e. The minimum atomic E-state index is -0.286. The van der Waals surface area contributed by atoms with E-state index in [0.29, 0.717) is 0 Å². The van der Waals surface area contributed by atoms with E-state index in [4.69, 9.17) is 14.7 Å². The van der Waals surface area contributed by atoms with E-state index in [2.05, 4.69) is 346 Å². The van der Waals surface area contributed by atoms with Gasteiger partial charge in [-0.05, 0) is 222 Å². The van der Waals surface area contributed by atoms with Crippen LogP contribution in [0.2, 0.25) is 0 Å². The first-order chi connectivity index (χ1) is 52.0. The molecule has 2 aliphatic carbocycles. The van der Waals surface area contributed by atoms with E-state index in [1.54, 1.807) is 0 Å². The molecule has 0 amide bonds. The van der Waals surface area contributed by atoms with E-state index in [1.807, 2.05) is 22.7 Å². The molecule has 8 nitrogen and oxygen atoms in total. The van der Waals surface area contributed by atoms with Gasteiger partial charge in [-0.25, -0.2) is 9.97 Å². The maximum Gasteiger partial charge on any atom is 0.271 e. The number of benzene rings is 10. The second-order valence-corrected chi connectivity index (χ2v) is 36.2. The molecule has 108 heavy (non-hydrogen) atoms. The van der Waals surface area contributed by atoms with E-state index >= 15 is 0 Å². The standard InChI is InChI=1S/C96H87B2N7OS2/c1-56-28-18-22-38-73(56)104(85-58(3)30-26-31-59(85)4)81-54-76-83-91(99-81)102(63-42-44-67-69(50-63)95(11,12)48-46-93(67,7)8)87-65-36-20-24-40-79(65)107-89(87)97(83)71-52-72-77(53-75(71)101(76)62-34-16-15-17-35-62)106-78-55-82(105(74-39-23-19-29-57(74)2)86-60(5)32-27-33-61(86)6)100-92-84(78)98(72)90-88(66-37-21-25-41-80(66)108-90)103(92)64-43-45-68-70(51-64)96(13,14)49-47-94(68,9)10/h15-45,50-55H,46-49H2,1-14H3. The number of ether oxygens (including phenoxy) is 1. The van der Waals surface area contributed by atoms with Gasteiger partial charge in [-0.1, -0.05) is 201 Å². The van der Waals surface area contributed by atoms with Crippen LogP contribution in [0, 0.1) is 41.5 Å². The van der Waals surface area contributed by atoms with Crippen LogP contribution in [0.5, 0.6) is 11.5 Å².